The Kier molecular flexibility index (Phi) is 3.63. The lowest BCUT2D eigenvalue weighted by Gasteiger charge is -2.04. The standard InChI is InChI=1S/C11H8FNO4S2/c12-10-2-1-8(3-9(10)11(14)15)19(16,17)5-7-4-18-6-13-7/h1-4,6H,5H2,(H,14,15). The van der Waals surface area contributed by atoms with Crippen LogP contribution in [0.3, 0.4) is 0 Å². The van der Waals surface area contributed by atoms with Crippen molar-refractivity contribution in [2.24, 2.45) is 0 Å². The Balaban J connectivity index is 2.41. The number of hydrogen-bond acceptors (Lipinski definition) is 5. The third-order valence-electron chi connectivity index (χ3n) is 2.35. The van der Waals surface area contributed by atoms with E-state index in [4.69, 9.17) is 5.11 Å². The van der Waals surface area contributed by atoms with E-state index < -0.39 is 27.2 Å². The Hall–Kier alpha value is -1.80. The number of hydrogen-bond donors (Lipinski definition) is 1. The first-order valence-electron chi connectivity index (χ1n) is 5.03. The molecule has 0 aliphatic rings. The number of halogens is 1. The monoisotopic (exact) mass is 301 g/mol. The highest BCUT2D eigenvalue weighted by atomic mass is 32.2. The smallest absolute Gasteiger partial charge is 0.338 e. The molecule has 0 amide bonds. The lowest BCUT2D eigenvalue weighted by molar-refractivity contribution is 0.0691. The summed E-state index contributed by atoms with van der Waals surface area (Å²) in [5.41, 5.74) is 1.20. The fraction of sp³-hybridized carbons (Fsp3) is 0.0909. The molecule has 0 fully saturated rings. The van der Waals surface area contributed by atoms with Crippen molar-refractivity contribution in [1.82, 2.24) is 4.98 Å². The fourth-order valence-corrected chi connectivity index (χ4v) is 3.40. The van der Waals surface area contributed by atoms with Gasteiger partial charge in [-0.3, -0.25) is 0 Å². The normalized spacial score (nSPS) is 11.4. The van der Waals surface area contributed by atoms with Crippen LogP contribution in [-0.4, -0.2) is 24.5 Å². The molecule has 2 rings (SSSR count). The summed E-state index contributed by atoms with van der Waals surface area (Å²) in [6.45, 7) is 0. The molecule has 0 unspecified atom stereocenters. The van der Waals surface area contributed by atoms with Gasteiger partial charge in [-0.25, -0.2) is 22.6 Å². The summed E-state index contributed by atoms with van der Waals surface area (Å²) in [5.74, 6) is -2.83. The van der Waals surface area contributed by atoms with Gasteiger partial charge in [0, 0.05) is 5.38 Å². The molecular weight excluding hydrogens is 293 g/mol. The van der Waals surface area contributed by atoms with E-state index >= 15 is 0 Å². The molecule has 5 nitrogen and oxygen atoms in total. The number of sulfone groups is 1. The van der Waals surface area contributed by atoms with Crippen LogP contribution in [0.1, 0.15) is 16.1 Å². The SMILES string of the molecule is O=C(O)c1cc(S(=O)(=O)Cc2cscn2)ccc1F. The van der Waals surface area contributed by atoms with E-state index in [-0.39, 0.29) is 10.6 Å². The first-order chi connectivity index (χ1) is 8.90. The Morgan fingerprint density at radius 1 is 1.42 bits per heavy atom. The quantitative estimate of drug-likeness (QED) is 0.873. The molecular formula is C11H8FNO4S2. The van der Waals surface area contributed by atoms with Crippen LogP contribution in [0.25, 0.3) is 0 Å². The third kappa shape index (κ3) is 2.96. The van der Waals surface area contributed by atoms with Crippen LogP contribution in [0.5, 0.6) is 0 Å². The molecule has 0 saturated carbocycles. The average Bonchev–Trinajstić information content (AvgIpc) is 2.80. The van der Waals surface area contributed by atoms with Crippen molar-refractivity contribution >= 4 is 27.1 Å². The molecule has 0 bridgehead atoms. The van der Waals surface area contributed by atoms with E-state index in [1.165, 1.54) is 16.8 Å². The van der Waals surface area contributed by atoms with Crippen molar-refractivity contribution in [2.75, 3.05) is 0 Å². The first-order valence-corrected chi connectivity index (χ1v) is 7.62. The molecule has 100 valence electrons. The van der Waals surface area contributed by atoms with Gasteiger partial charge in [-0.1, -0.05) is 0 Å². The molecule has 2 aromatic rings. The van der Waals surface area contributed by atoms with Gasteiger partial charge in [-0.05, 0) is 18.2 Å². The number of carboxylic acids is 1. The van der Waals surface area contributed by atoms with Crippen molar-refractivity contribution in [3.63, 3.8) is 0 Å². The van der Waals surface area contributed by atoms with Crippen molar-refractivity contribution < 1.29 is 22.7 Å². The van der Waals surface area contributed by atoms with E-state index in [2.05, 4.69) is 4.98 Å². The van der Waals surface area contributed by atoms with E-state index in [0.717, 1.165) is 18.2 Å². The summed E-state index contributed by atoms with van der Waals surface area (Å²) in [5, 5.41) is 10.3. The van der Waals surface area contributed by atoms with Gasteiger partial charge in [-0.15, -0.1) is 11.3 Å². The summed E-state index contributed by atoms with van der Waals surface area (Å²) in [7, 11) is -3.74. The first kappa shape index (κ1) is 13.6. The molecule has 19 heavy (non-hydrogen) atoms. The van der Waals surface area contributed by atoms with Gasteiger partial charge in [-0.2, -0.15) is 0 Å². The van der Waals surface area contributed by atoms with Crippen molar-refractivity contribution in [3.05, 3.63) is 46.2 Å². The van der Waals surface area contributed by atoms with Crippen LogP contribution in [0.4, 0.5) is 4.39 Å². The van der Waals surface area contributed by atoms with Crippen molar-refractivity contribution in [1.29, 1.82) is 0 Å². The molecule has 1 heterocycles. The predicted octanol–water partition coefficient (Wildman–Crippen LogP) is 1.95. The van der Waals surface area contributed by atoms with Gasteiger partial charge in [0.15, 0.2) is 9.84 Å². The molecule has 1 N–H and O–H groups in total. The van der Waals surface area contributed by atoms with Gasteiger partial charge >= 0.3 is 5.97 Å². The second-order valence-corrected chi connectivity index (χ2v) is 6.39. The van der Waals surface area contributed by atoms with Gasteiger partial charge in [0.2, 0.25) is 0 Å². The number of rotatable bonds is 4. The van der Waals surface area contributed by atoms with Crippen LogP contribution in [-0.2, 0) is 15.6 Å². The van der Waals surface area contributed by atoms with Crippen LogP contribution >= 0.6 is 11.3 Å². The van der Waals surface area contributed by atoms with Crippen molar-refractivity contribution in [2.45, 2.75) is 10.6 Å². The van der Waals surface area contributed by atoms with E-state index in [9.17, 15) is 17.6 Å². The zero-order valence-corrected chi connectivity index (χ0v) is 11.0. The topological polar surface area (TPSA) is 84.3 Å². The highest BCUT2D eigenvalue weighted by molar-refractivity contribution is 7.90. The van der Waals surface area contributed by atoms with Crippen LogP contribution < -0.4 is 0 Å². The number of carboxylic acid groups (broad SMARTS) is 1. The second-order valence-electron chi connectivity index (χ2n) is 3.69. The number of benzene rings is 1. The second kappa shape index (κ2) is 5.06. The molecule has 1 aromatic heterocycles. The molecule has 0 radical (unpaired) electrons. The Morgan fingerprint density at radius 3 is 2.74 bits per heavy atom. The number of aromatic carboxylic acids is 1. The maximum absolute atomic E-state index is 13.2. The fourth-order valence-electron chi connectivity index (χ4n) is 1.45. The average molecular weight is 301 g/mol. The lowest BCUT2D eigenvalue weighted by Crippen LogP contribution is -2.08. The zero-order chi connectivity index (χ0) is 14.0. The molecule has 8 heteroatoms. The molecule has 1 aromatic carbocycles. The highest BCUT2D eigenvalue weighted by Gasteiger charge is 2.20. The predicted molar refractivity (Wildman–Crippen MR) is 66.4 cm³/mol. The summed E-state index contributed by atoms with van der Waals surface area (Å²) in [4.78, 5) is 14.4. The summed E-state index contributed by atoms with van der Waals surface area (Å²) >= 11 is 1.26. The molecule has 0 saturated heterocycles. The summed E-state index contributed by atoms with van der Waals surface area (Å²) < 4.78 is 37.3. The number of aromatic nitrogens is 1. The Bertz CT molecular complexity index is 710. The Labute approximate surface area is 112 Å². The minimum Gasteiger partial charge on any atom is -0.478 e. The summed E-state index contributed by atoms with van der Waals surface area (Å²) in [6.07, 6.45) is 0. The maximum Gasteiger partial charge on any atom is 0.338 e. The highest BCUT2D eigenvalue weighted by Crippen LogP contribution is 2.19. The lowest BCUT2D eigenvalue weighted by atomic mass is 10.2. The molecule has 0 atom stereocenters. The largest absolute Gasteiger partial charge is 0.478 e. The Morgan fingerprint density at radius 2 is 2.16 bits per heavy atom. The molecule has 0 spiro atoms. The molecule has 0 aliphatic heterocycles. The van der Waals surface area contributed by atoms with Crippen LogP contribution in [0, 0.1) is 5.82 Å². The van der Waals surface area contributed by atoms with Crippen molar-refractivity contribution in [3.8, 4) is 0 Å². The van der Waals surface area contributed by atoms with E-state index in [0.29, 0.717) is 5.69 Å². The minimum absolute atomic E-state index is 0.237. The zero-order valence-electron chi connectivity index (χ0n) is 9.41. The summed E-state index contributed by atoms with van der Waals surface area (Å²) in [6, 6.07) is 2.69. The number of carbonyl (C=O) groups is 1. The number of thiazole rings is 1. The van der Waals surface area contributed by atoms with E-state index in [1.54, 1.807) is 5.38 Å². The van der Waals surface area contributed by atoms with Crippen LogP contribution in [0.15, 0.2) is 34.0 Å². The van der Waals surface area contributed by atoms with Gasteiger partial charge < -0.3 is 5.11 Å². The molecule has 0 aliphatic carbocycles. The van der Waals surface area contributed by atoms with Gasteiger partial charge in [0.25, 0.3) is 0 Å². The third-order valence-corrected chi connectivity index (χ3v) is 4.63. The van der Waals surface area contributed by atoms with Gasteiger partial charge in [0.05, 0.1) is 27.4 Å². The van der Waals surface area contributed by atoms with E-state index in [1.807, 2.05) is 0 Å². The van der Waals surface area contributed by atoms with Gasteiger partial charge in [0.1, 0.15) is 5.82 Å². The maximum atomic E-state index is 13.2. The number of nitrogens with zero attached hydrogens (tertiary/aromatic N) is 1. The minimum atomic E-state index is -3.74. The van der Waals surface area contributed by atoms with Crippen LogP contribution in [0.2, 0.25) is 0 Å².